The number of carbonyl (C=O) groups excluding carboxylic acids is 2. The second-order valence-electron chi connectivity index (χ2n) is 8.02. The van der Waals surface area contributed by atoms with E-state index in [2.05, 4.69) is 10.6 Å². The van der Waals surface area contributed by atoms with Gasteiger partial charge in [0.25, 0.3) is 0 Å². The van der Waals surface area contributed by atoms with E-state index in [1.54, 1.807) is 36.4 Å². The van der Waals surface area contributed by atoms with Crippen LogP contribution in [0.3, 0.4) is 0 Å². The van der Waals surface area contributed by atoms with Gasteiger partial charge < -0.3 is 14.9 Å². The van der Waals surface area contributed by atoms with Crippen molar-refractivity contribution in [1.29, 1.82) is 0 Å². The first-order valence-corrected chi connectivity index (χ1v) is 10.2. The van der Waals surface area contributed by atoms with Crippen molar-refractivity contribution in [3.63, 3.8) is 0 Å². The highest BCUT2D eigenvalue weighted by atomic mass is 16.5. The van der Waals surface area contributed by atoms with Crippen LogP contribution in [0.5, 0.6) is 11.5 Å². The molecule has 0 bridgehead atoms. The molecule has 2 aliphatic rings. The summed E-state index contributed by atoms with van der Waals surface area (Å²) in [4.78, 5) is 37.8. The topological polar surface area (TPSA) is 125 Å². The molecule has 2 heterocycles. The summed E-state index contributed by atoms with van der Waals surface area (Å²) in [6.45, 7) is 2.59. The number of phenolic OH excluding ortho intramolecular Hbond substituents is 1. The maximum Gasteiger partial charge on any atom is 0.325 e. The quantitative estimate of drug-likeness (QED) is 0.499. The van der Waals surface area contributed by atoms with Crippen LogP contribution in [0.4, 0.5) is 0 Å². The maximum atomic E-state index is 12.7. The molecule has 2 aromatic rings. The fraction of sp³-hybridized carbons (Fsp3) is 0.348. The summed E-state index contributed by atoms with van der Waals surface area (Å²) in [5, 5.41) is 25.2. The van der Waals surface area contributed by atoms with Crippen LogP contribution >= 0.6 is 0 Å². The maximum absolute atomic E-state index is 12.7. The summed E-state index contributed by atoms with van der Waals surface area (Å²) in [5.41, 5.74) is -0.333. The van der Waals surface area contributed by atoms with Gasteiger partial charge in [0.1, 0.15) is 17.0 Å². The molecular formula is C23H24N2O6. The SMILES string of the molecule is CCCOc1ccc(C2NC(Cc3ccc(O)cc3)(C(=O)O)C3C(=O)NC(=O)C23)cc1. The second kappa shape index (κ2) is 8.03. The Morgan fingerprint density at radius 3 is 2.35 bits per heavy atom. The van der Waals surface area contributed by atoms with E-state index in [1.165, 1.54) is 12.1 Å². The number of benzene rings is 2. The smallest absolute Gasteiger partial charge is 0.325 e. The number of fused-ring (bicyclic) bond motifs is 1. The Bertz CT molecular complexity index is 1000. The molecule has 162 valence electrons. The summed E-state index contributed by atoms with van der Waals surface area (Å²) in [5.74, 6) is -3.44. The third-order valence-corrected chi connectivity index (χ3v) is 6.01. The number of carboxylic acid groups (broad SMARTS) is 1. The summed E-state index contributed by atoms with van der Waals surface area (Å²) < 4.78 is 5.60. The van der Waals surface area contributed by atoms with Crippen molar-refractivity contribution in [2.45, 2.75) is 31.3 Å². The molecule has 0 aliphatic carbocycles. The zero-order valence-electron chi connectivity index (χ0n) is 17.0. The zero-order valence-corrected chi connectivity index (χ0v) is 17.0. The van der Waals surface area contributed by atoms with E-state index in [4.69, 9.17) is 4.74 Å². The van der Waals surface area contributed by atoms with Crippen molar-refractivity contribution in [3.05, 3.63) is 59.7 Å². The van der Waals surface area contributed by atoms with Gasteiger partial charge in [-0.3, -0.25) is 25.0 Å². The standard InChI is InChI=1S/C23H24N2O6/c1-2-11-31-16-9-5-14(6-10-16)19-17-18(21(28)24-20(17)27)23(25-19,22(29)30)12-13-3-7-15(26)8-4-13/h3-10,17-19,25-26H,2,11-12H2,1H3,(H,29,30)(H,24,27,28). The normalized spacial score (nSPS) is 27.1. The van der Waals surface area contributed by atoms with Crippen LogP contribution in [-0.4, -0.2) is 40.1 Å². The van der Waals surface area contributed by atoms with Crippen molar-refractivity contribution >= 4 is 17.8 Å². The molecule has 4 N–H and O–H groups in total. The number of imide groups is 1. The number of ether oxygens (including phenoxy) is 1. The number of carbonyl (C=O) groups is 3. The Morgan fingerprint density at radius 1 is 1.06 bits per heavy atom. The van der Waals surface area contributed by atoms with E-state index in [-0.39, 0.29) is 12.2 Å². The molecule has 4 rings (SSSR count). The van der Waals surface area contributed by atoms with E-state index in [1.807, 2.05) is 6.92 Å². The summed E-state index contributed by atoms with van der Waals surface area (Å²) in [6.07, 6.45) is 0.856. The number of hydrogen-bond acceptors (Lipinski definition) is 6. The number of aromatic hydroxyl groups is 1. The first-order valence-electron chi connectivity index (χ1n) is 10.2. The van der Waals surface area contributed by atoms with Crippen molar-refractivity contribution < 1.29 is 29.3 Å². The first-order chi connectivity index (χ1) is 14.9. The Hall–Kier alpha value is -3.39. The van der Waals surface area contributed by atoms with E-state index < -0.39 is 41.2 Å². The van der Waals surface area contributed by atoms with E-state index in [9.17, 15) is 24.6 Å². The third-order valence-electron chi connectivity index (χ3n) is 6.01. The Kier molecular flexibility index (Phi) is 5.41. The highest BCUT2D eigenvalue weighted by Crippen LogP contribution is 2.47. The lowest BCUT2D eigenvalue weighted by molar-refractivity contribution is -0.149. The van der Waals surface area contributed by atoms with Gasteiger partial charge >= 0.3 is 5.97 Å². The molecule has 2 aliphatic heterocycles. The van der Waals surface area contributed by atoms with Gasteiger partial charge in [-0.25, -0.2) is 0 Å². The van der Waals surface area contributed by atoms with Crippen LogP contribution < -0.4 is 15.4 Å². The van der Waals surface area contributed by atoms with Crippen molar-refractivity contribution in [2.75, 3.05) is 6.61 Å². The third kappa shape index (κ3) is 3.63. The van der Waals surface area contributed by atoms with Crippen LogP contribution in [0.2, 0.25) is 0 Å². The van der Waals surface area contributed by atoms with Gasteiger partial charge in [0, 0.05) is 12.5 Å². The highest BCUT2D eigenvalue weighted by molar-refractivity contribution is 6.09. The molecule has 0 aromatic heterocycles. The van der Waals surface area contributed by atoms with Gasteiger partial charge in [-0.05, 0) is 41.8 Å². The van der Waals surface area contributed by atoms with E-state index >= 15 is 0 Å². The van der Waals surface area contributed by atoms with Crippen LogP contribution in [0.15, 0.2) is 48.5 Å². The number of nitrogens with one attached hydrogen (secondary N) is 2. The predicted octanol–water partition coefficient (Wildman–Crippen LogP) is 1.78. The Labute approximate surface area is 179 Å². The number of rotatable bonds is 7. The molecule has 2 fully saturated rings. The Balaban J connectivity index is 1.71. The van der Waals surface area contributed by atoms with Gasteiger partial charge in [0.2, 0.25) is 11.8 Å². The number of hydrogen-bond donors (Lipinski definition) is 4. The molecule has 0 saturated carbocycles. The highest BCUT2D eigenvalue weighted by Gasteiger charge is 2.66. The van der Waals surface area contributed by atoms with E-state index in [0.717, 1.165) is 6.42 Å². The van der Waals surface area contributed by atoms with Gasteiger partial charge in [0.05, 0.1) is 18.4 Å². The molecule has 0 spiro atoms. The molecule has 2 aromatic carbocycles. The average molecular weight is 424 g/mol. The minimum atomic E-state index is -1.67. The molecule has 8 heteroatoms. The second-order valence-corrected chi connectivity index (χ2v) is 8.02. The number of amides is 2. The summed E-state index contributed by atoms with van der Waals surface area (Å²) >= 11 is 0. The lowest BCUT2D eigenvalue weighted by Gasteiger charge is -2.30. The number of phenols is 1. The molecular weight excluding hydrogens is 400 g/mol. The van der Waals surface area contributed by atoms with E-state index in [0.29, 0.717) is 23.5 Å². The molecule has 2 saturated heterocycles. The monoisotopic (exact) mass is 424 g/mol. The fourth-order valence-electron chi connectivity index (χ4n) is 4.58. The minimum Gasteiger partial charge on any atom is -0.508 e. The predicted molar refractivity (Wildman–Crippen MR) is 110 cm³/mol. The van der Waals surface area contributed by atoms with Gasteiger partial charge in [0.15, 0.2) is 0 Å². The molecule has 4 unspecified atom stereocenters. The molecule has 31 heavy (non-hydrogen) atoms. The lowest BCUT2D eigenvalue weighted by Crippen LogP contribution is -2.57. The molecule has 2 amide bonds. The fourth-order valence-corrected chi connectivity index (χ4v) is 4.58. The number of carboxylic acids is 1. The summed E-state index contributed by atoms with van der Waals surface area (Å²) in [7, 11) is 0. The zero-order chi connectivity index (χ0) is 22.2. The molecule has 4 atom stereocenters. The lowest BCUT2D eigenvalue weighted by atomic mass is 9.76. The minimum absolute atomic E-state index is 0.0152. The molecule has 0 radical (unpaired) electrons. The van der Waals surface area contributed by atoms with Gasteiger partial charge in [-0.2, -0.15) is 0 Å². The van der Waals surface area contributed by atoms with Crippen molar-refractivity contribution in [1.82, 2.24) is 10.6 Å². The van der Waals surface area contributed by atoms with Crippen LogP contribution in [0.1, 0.15) is 30.5 Å². The average Bonchev–Trinajstić information content (AvgIpc) is 3.25. The van der Waals surface area contributed by atoms with Crippen molar-refractivity contribution in [3.8, 4) is 11.5 Å². The van der Waals surface area contributed by atoms with Gasteiger partial charge in [-0.15, -0.1) is 0 Å². The van der Waals surface area contributed by atoms with Crippen LogP contribution in [-0.2, 0) is 20.8 Å². The number of aliphatic carboxylic acids is 1. The first kappa shape index (κ1) is 20.9. The Morgan fingerprint density at radius 2 is 1.74 bits per heavy atom. The van der Waals surface area contributed by atoms with Crippen LogP contribution in [0.25, 0.3) is 0 Å². The summed E-state index contributed by atoms with van der Waals surface area (Å²) in [6, 6.07) is 12.6. The van der Waals surface area contributed by atoms with Gasteiger partial charge in [-0.1, -0.05) is 31.2 Å². The molecule has 8 nitrogen and oxygen atoms in total. The van der Waals surface area contributed by atoms with Crippen LogP contribution in [0, 0.1) is 11.8 Å². The largest absolute Gasteiger partial charge is 0.508 e. The van der Waals surface area contributed by atoms with Crippen molar-refractivity contribution in [2.24, 2.45) is 11.8 Å².